The van der Waals surface area contributed by atoms with Crippen molar-refractivity contribution in [2.24, 2.45) is 0 Å². The molecule has 128 valence electrons. The molecule has 0 bridgehead atoms. The lowest BCUT2D eigenvalue weighted by molar-refractivity contribution is -0.531. The van der Waals surface area contributed by atoms with Crippen LogP contribution in [0.5, 0.6) is 0 Å². The van der Waals surface area contributed by atoms with Crippen LogP contribution < -0.4 is 0 Å². The lowest BCUT2D eigenvalue weighted by atomic mass is 9.87. The Bertz CT molecular complexity index is 889. The zero-order chi connectivity index (χ0) is 17.8. The Hall–Kier alpha value is -3.15. The molecule has 3 rings (SSSR count). The van der Waals surface area contributed by atoms with Crippen molar-refractivity contribution >= 4 is 16.9 Å². The Morgan fingerprint density at radius 1 is 1.16 bits per heavy atom. The zero-order valence-corrected chi connectivity index (χ0v) is 13.7. The second-order valence-electron chi connectivity index (χ2n) is 5.66. The van der Waals surface area contributed by atoms with E-state index < -0.39 is 22.9 Å². The van der Waals surface area contributed by atoms with Gasteiger partial charge in [0.25, 0.3) is 6.04 Å². The fraction of sp³-hybridized carbons (Fsp3) is 0.211. The summed E-state index contributed by atoms with van der Waals surface area (Å²) in [4.78, 5) is 27.2. The number of H-pyrrole nitrogens is 1. The van der Waals surface area contributed by atoms with Crippen LogP contribution in [0.15, 0.2) is 60.8 Å². The minimum Gasteiger partial charge on any atom is -0.465 e. The van der Waals surface area contributed by atoms with Crippen molar-refractivity contribution < 1.29 is 14.5 Å². The highest BCUT2D eigenvalue weighted by atomic mass is 16.6. The largest absolute Gasteiger partial charge is 0.465 e. The van der Waals surface area contributed by atoms with Gasteiger partial charge in [-0.2, -0.15) is 0 Å². The van der Waals surface area contributed by atoms with E-state index in [1.54, 1.807) is 43.5 Å². The number of rotatable bonds is 6. The van der Waals surface area contributed by atoms with Gasteiger partial charge in [-0.15, -0.1) is 0 Å². The van der Waals surface area contributed by atoms with Crippen molar-refractivity contribution in [3.05, 3.63) is 82.0 Å². The van der Waals surface area contributed by atoms with E-state index in [1.165, 1.54) is 0 Å². The molecule has 1 N–H and O–H groups in total. The molecule has 2 atom stereocenters. The Balaban J connectivity index is 2.17. The molecule has 0 aliphatic heterocycles. The molecular formula is C19H18N2O4. The number of nitrogens with one attached hydrogen (secondary N) is 1. The summed E-state index contributed by atoms with van der Waals surface area (Å²) in [6.45, 7) is 1.85. The van der Waals surface area contributed by atoms with Crippen molar-refractivity contribution in [3.8, 4) is 0 Å². The van der Waals surface area contributed by atoms with Crippen LogP contribution in [0.25, 0.3) is 10.9 Å². The zero-order valence-electron chi connectivity index (χ0n) is 13.7. The molecule has 25 heavy (non-hydrogen) atoms. The van der Waals surface area contributed by atoms with Gasteiger partial charge in [0, 0.05) is 27.6 Å². The number of ether oxygens (including phenoxy) is 1. The summed E-state index contributed by atoms with van der Waals surface area (Å²) in [6, 6.07) is 14.7. The van der Waals surface area contributed by atoms with Crippen molar-refractivity contribution in [2.75, 3.05) is 6.61 Å². The molecule has 0 spiro atoms. The van der Waals surface area contributed by atoms with Crippen molar-refractivity contribution in [2.45, 2.75) is 18.9 Å². The highest BCUT2D eigenvalue weighted by molar-refractivity contribution is 5.90. The fourth-order valence-corrected chi connectivity index (χ4v) is 3.10. The van der Waals surface area contributed by atoms with E-state index >= 15 is 0 Å². The molecule has 0 saturated carbocycles. The van der Waals surface area contributed by atoms with Gasteiger partial charge in [-0.3, -0.25) is 14.9 Å². The van der Waals surface area contributed by atoms with Gasteiger partial charge in [-0.05, 0) is 18.6 Å². The topological polar surface area (TPSA) is 85.2 Å². The van der Waals surface area contributed by atoms with Crippen LogP contribution in [-0.2, 0) is 9.53 Å². The smallest absolute Gasteiger partial charge is 0.320 e. The van der Waals surface area contributed by atoms with Gasteiger partial charge >= 0.3 is 5.97 Å². The number of hydrogen-bond donors (Lipinski definition) is 1. The number of hydrogen-bond acceptors (Lipinski definition) is 4. The number of nitro groups is 1. The molecule has 1 aromatic heterocycles. The molecular weight excluding hydrogens is 320 g/mol. The Labute approximate surface area is 144 Å². The van der Waals surface area contributed by atoms with Gasteiger partial charge in [0.15, 0.2) is 5.92 Å². The first-order chi connectivity index (χ1) is 12.1. The van der Waals surface area contributed by atoms with Crippen LogP contribution in [0.4, 0.5) is 0 Å². The molecule has 2 aromatic carbocycles. The number of aromatic amines is 1. The number of fused-ring (bicyclic) bond motifs is 1. The summed E-state index contributed by atoms with van der Waals surface area (Å²) in [5.74, 6) is -1.63. The molecule has 0 radical (unpaired) electrons. The third kappa shape index (κ3) is 3.24. The van der Waals surface area contributed by atoms with E-state index in [9.17, 15) is 14.9 Å². The number of nitrogens with zero attached hydrogens (tertiary/aromatic N) is 1. The second-order valence-corrected chi connectivity index (χ2v) is 5.66. The molecule has 3 aromatic rings. The Morgan fingerprint density at radius 3 is 2.52 bits per heavy atom. The molecule has 0 unspecified atom stereocenters. The lowest BCUT2D eigenvalue weighted by Crippen LogP contribution is -2.27. The highest BCUT2D eigenvalue weighted by Crippen LogP contribution is 2.38. The van der Waals surface area contributed by atoms with Crippen LogP contribution in [-0.4, -0.2) is 22.5 Å². The van der Waals surface area contributed by atoms with E-state index in [2.05, 4.69) is 4.98 Å². The first-order valence-electron chi connectivity index (χ1n) is 8.04. The maximum absolute atomic E-state index is 12.7. The third-order valence-corrected chi connectivity index (χ3v) is 4.18. The monoisotopic (exact) mass is 338 g/mol. The maximum Gasteiger partial charge on any atom is 0.320 e. The van der Waals surface area contributed by atoms with Crippen molar-refractivity contribution in [1.82, 2.24) is 4.98 Å². The van der Waals surface area contributed by atoms with Gasteiger partial charge in [-0.25, -0.2) is 0 Å². The molecule has 0 fully saturated rings. The predicted molar refractivity (Wildman–Crippen MR) is 93.9 cm³/mol. The average Bonchev–Trinajstić information content (AvgIpc) is 3.04. The summed E-state index contributed by atoms with van der Waals surface area (Å²) >= 11 is 0. The third-order valence-electron chi connectivity index (χ3n) is 4.18. The molecule has 0 aliphatic rings. The fourth-order valence-electron chi connectivity index (χ4n) is 3.10. The summed E-state index contributed by atoms with van der Waals surface area (Å²) in [6.07, 6.45) is 1.66. The number of para-hydroxylation sites is 1. The van der Waals surface area contributed by atoms with Crippen LogP contribution >= 0.6 is 0 Å². The quantitative estimate of drug-likeness (QED) is 0.420. The van der Waals surface area contributed by atoms with E-state index in [0.29, 0.717) is 11.1 Å². The number of carbonyl (C=O) groups excluding carboxylic acids is 1. The average molecular weight is 338 g/mol. The normalized spacial score (nSPS) is 13.3. The van der Waals surface area contributed by atoms with Gasteiger partial charge in [-0.1, -0.05) is 48.5 Å². The van der Waals surface area contributed by atoms with Crippen molar-refractivity contribution in [3.63, 3.8) is 0 Å². The predicted octanol–water partition coefficient (Wildman–Crippen LogP) is 3.83. The molecule has 0 amide bonds. The Morgan fingerprint density at radius 2 is 1.84 bits per heavy atom. The number of esters is 1. The molecule has 6 nitrogen and oxygen atoms in total. The number of benzene rings is 2. The molecule has 6 heteroatoms. The highest BCUT2D eigenvalue weighted by Gasteiger charge is 2.42. The SMILES string of the molecule is CCOC(=O)[C@H](c1c[nH]c2ccccc12)[C@H](c1ccccc1)[N+](=O)[O-]. The first kappa shape index (κ1) is 16.7. The summed E-state index contributed by atoms with van der Waals surface area (Å²) in [5.41, 5.74) is 1.86. The second kappa shape index (κ2) is 7.17. The van der Waals surface area contributed by atoms with Crippen LogP contribution in [0.3, 0.4) is 0 Å². The van der Waals surface area contributed by atoms with E-state index in [-0.39, 0.29) is 6.61 Å². The number of aromatic nitrogens is 1. The van der Waals surface area contributed by atoms with Gasteiger partial charge in [0.05, 0.1) is 6.61 Å². The summed E-state index contributed by atoms with van der Waals surface area (Å²) in [7, 11) is 0. The van der Waals surface area contributed by atoms with Crippen LogP contribution in [0, 0.1) is 10.1 Å². The maximum atomic E-state index is 12.7. The van der Waals surface area contributed by atoms with E-state index in [0.717, 1.165) is 10.9 Å². The summed E-state index contributed by atoms with van der Waals surface area (Å²) < 4.78 is 5.17. The lowest BCUT2D eigenvalue weighted by Gasteiger charge is -2.19. The Kier molecular flexibility index (Phi) is 4.79. The molecule has 0 aliphatic carbocycles. The molecule has 0 saturated heterocycles. The molecule has 1 heterocycles. The van der Waals surface area contributed by atoms with E-state index in [1.807, 2.05) is 24.3 Å². The minimum absolute atomic E-state index is 0.164. The number of carbonyl (C=O) groups is 1. The minimum atomic E-state index is -1.22. The standard InChI is InChI=1S/C19H18N2O4/c1-2-25-19(22)17(15-12-20-16-11-7-6-10-14(15)16)18(21(23)24)13-8-4-3-5-9-13/h3-12,17-18,20H,2H2,1H3/t17-,18+/m1/s1. The summed E-state index contributed by atoms with van der Waals surface area (Å²) in [5, 5.41) is 12.6. The van der Waals surface area contributed by atoms with Crippen molar-refractivity contribution in [1.29, 1.82) is 0 Å². The first-order valence-corrected chi connectivity index (χ1v) is 8.04. The van der Waals surface area contributed by atoms with Gasteiger partial charge in [0.1, 0.15) is 0 Å². The van der Waals surface area contributed by atoms with E-state index in [4.69, 9.17) is 4.74 Å². The van der Waals surface area contributed by atoms with Crippen LogP contribution in [0.2, 0.25) is 0 Å². The van der Waals surface area contributed by atoms with Crippen LogP contribution in [0.1, 0.15) is 30.0 Å². The van der Waals surface area contributed by atoms with Gasteiger partial charge < -0.3 is 9.72 Å². The van der Waals surface area contributed by atoms with Gasteiger partial charge in [0.2, 0.25) is 0 Å².